The van der Waals surface area contributed by atoms with E-state index >= 15 is 0 Å². The SMILES string of the molecule is CCCCCCCCCCCC(=O)Nc1cc(-c2onc3c2CCc2ccccc2-3)ccc1OC. The molecular formula is C30H38N2O3. The number of amides is 1. The number of ether oxygens (including phenoxy) is 1. The second-order valence-corrected chi connectivity index (χ2v) is 9.54. The van der Waals surface area contributed by atoms with E-state index in [-0.39, 0.29) is 5.91 Å². The molecule has 0 bridgehead atoms. The number of benzene rings is 2. The molecule has 1 aliphatic carbocycles. The van der Waals surface area contributed by atoms with E-state index in [2.05, 4.69) is 35.6 Å². The van der Waals surface area contributed by atoms with Crippen molar-refractivity contribution in [3.63, 3.8) is 0 Å². The minimum atomic E-state index is 0.0249. The number of aromatic nitrogens is 1. The molecule has 2 aromatic carbocycles. The highest BCUT2D eigenvalue weighted by molar-refractivity contribution is 5.93. The monoisotopic (exact) mass is 474 g/mol. The zero-order chi connectivity index (χ0) is 24.5. The summed E-state index contributed by atoms with van der Waals surface area (Å²) in [6.07, 6.45) is 13.5. The van der Waals surface area contributed by atoms with Crippen molar-refractivity contribution in [2.24, 2.45) is 0 Å². The summed E-state index contributed by atoms with van der Waals surface area (Å²) in [5.41, 5.74) is 6.07. The number of nitrogens with one attached hydrogen (secondary N) is 1. The van der Waals surface area contributed by atoms with Gasteiger partial charge in [-0.2, -0.15) is 0 Å². The Morgan fingerprint density at radius 2 is 1.71 bits per heavy atom. The van der Waals surface area contributed by atoms with Gasteiger partial charge >= 0.3 is 0 Å². The lowest BCUT2D eigenvalue weighted by molar-refractivity contribution is -0.116. The van der Waals surface area contributed by atoms with Crippen LogP contribution in [0, 0.1) is 0 Å². The molecule has 186 valence electrons. The first-order valence-corrected chi connectivity index (χ1v) is 13.3. The summed E-state index contributed by atoms with van der Waals surface area (Å²) in [6, 6.07) is 14.2. The van der Waals surface area contributed by atoms with Gasteiger partial charge in [0.15, 0.2) is 5.76 Å². The Balaban J connectivity index is 1.35. The summed E-state index contributed by atoms with van der Waals surface area (Å²) >= 11 is 0. The van der Waals surface area contributed by atoms with Crippen LogP contribution in [0.4, 0.5) is 5.69 Å². The minimum absolute atomic E-state index is 0.0249. The summed E-state index contributed by atoms with van der Waals surface area (Å²) in [4.78, 5) is 12.7. The molecule has 35 heavy (non-hydrogen) atoms. The van der Waals surface area contributed by atoms with Crippen molar-refractivity contribution in [2.45, 2.75) is 84.0 Å². The lowest BCUT2D eigenvalue weighted by atomic mass is 9.88. The molecule has 3 aromatic rings. The van der Waals surface area contributed by atoms with Crippen LogP contribution in [0.5, 0.6) is 5.75 Å². The third-order valence-electron chi connectivity index (χ3n) is 6.95. The van der Waals surface area contributed by atoms with E-state index in [1.165, 1.54) is 50.5 Å². The number of nitrogens with zero attached hydrogens (tertiary/aromatic N) is 1. The number of unbranched alkanes of at least 4 members (excludes halogenated alkanes) is 8. The Kier molecular flexibility index (Phi) is 8.99. The van der Waals surface area contributed by atoms with Gasteiger partial charge in [0, 0.05) is 23.1 Å². The predicted octanol–water partition coefficient (Wildman–Crippen LogP) is 7.98. The highest BCUT2D eigenvalue weighted by atomic mass is 16.5. The summed E-state index contributed by atoms with van der Waals surface area (Å²) in [5, 5.41) is 7.46. The third-order valence-corrected chi connectivity index (χ3v) is 6.95. The molecule has 0 saturated carbocycles. The highest BCUT2D eigenvalue weighted by Gasteiger charge is 2.25. The maximum absolute atomic E-state index is 12.7. The highest BCUT2D eigenvalue weighted by Crippen LogP contribution is 2.40. The molecule has 0 fully saturated rings. The van der Waals surface area contributed by atoms with E-state index in [0.29, 0.717) is 17.9 Å². The number of carbonyl (C=O) groups excluding carboxylic acids is 1. The molecule has 0 atom stereocenters. The molecule has 0 saturated heterocycles. The fourth-order valence-corrected chi connectivity index (χ4v) is 4.96. The first kappa shape index (κ1) is 25.0. The van der Waals surface area contributed by atoms with Crippen LogP contribution in [0.3, 0.4) is 0 Å². The average Bonchev–Trinajstić information content (AvgIpc) is 3.32. The van der Waals surface area contributed by atoms with Gasteiger partial charge in [0.05, 0.1) is 12.8 Å². The van der Waals surface area contributed by atoms with Crippen molar-refractivity contribution in [1.29, 1.82) is 0 Å². The smallest absolute Gasteiger partial charge is 0.224 e. The van der Waals surface area contributed by atoms with Crippen LogP contribution in [0.15, 0.2) is 47.0 Å². The fourth-order valence-electron chi connectivity index (χ4n) is 4.96. The number of anilines is 1. The standard InChI is InChI=1S/C30H38N2O3/c1-3-4-5-6-7-8-9-10-11-16-28(33)31-26-21-23(18-20-27(26)34-2)30-25-19-17-22-14-12-13-15-24(22)29(25)32-35-30/h12-15,18,20-21H,3-11,16-17,19H2,1-2H3,(H,31,33). The second-order valence-electron chi connectivity index (χ2n) is 9.54. The van der Waals surface area contributed by atoms with Crippen LogP contribution in [-0.2, 0) is 17.6 Å². The summed E-state index contributed by atoms with van der Waals surface area (Å²) < 4.78 is 11.3. The van der Waals surface area contributed by atoms with E-state index in [1.54, 1.807) is 7.11 Å². The minimum Gasteiger partial charge on any atom is -0.495 e. The number of methoxy groups -OCH3 is 1. The molecule has 1 aromatic heterocycles. The average molecular weight is 475 g/mol. The van der Waals surface area contributed by atoms with E-state index in [9.17, 15) is 4.79 Å². The number of rotatable bonds is 13. The number of hydrogen-bond donors (Lipinski definition) is 1. The normalized spacial score (nSPS) is 12.2. The maximum Gasteiger partial charge on any atom is 0.224 e. The number of fused-ring (bicyclic) bond motifs is 3. The predicted molar refractivity (Wildman–Crippen MR) is 142 cm³/mol. The van der Waals surface area contributed by atoms with Crippen LogP contribution in [0.1, 0.15) is 82.3 Å². The van der Waals surface area contributed by atoms with Gasteiger partial charge in [-0.3, -0.25) is 4.79 Å². The molecule has 1 aliphatic rings. The zero-order valence-corrected chi connectivity index (χ0v) is 21.2. The quantitative estimate of drug-likeness (QED) is 0.255. The van der Waals surface area contributed by atoms with Crippen molar-refractivity contribution in [3.05, 3.63) is 53.6 Å². The second kappa shape index (κ2) is 12.6. The van der Waals surface area contributed by atoms with Crippen molar-refractivity contribution in [3.8, 4) is 28.3 Å². The Hall–Kier alpha value is -3.08. The molecule has 5 heteroatoms. The van der Waals surface area contributed by atoms with Crippen LogP contribution >= 0.6 is 0 Å². The summed E-state index contributed by atoms with van der Waals surface area (Å²) in [6.45, 7) is 2.25. The topological polar surface area (TPSA) is 64.4 Å². The van der Waals surface area contributed by atoms with Crippen LogP contribution in [0.2, 0.25) is 0 Å². The van der Waals surface area contributed by atoms with Gasteiger partial charge < -0.3 is 14.6 Å². The third kappa shape index (κ3) is 6.33. The Morgan fingerprint density at radius 3 is 2.49 bits per heavy atom. The van der Waals surface area contributed by atoms with Crippen molar-refractivity contribution in [1.82, 2.24) is 5.16 Å². The number of hydrogen-bond acceptors (Lipinski definition) is 4. The molecule has 1 heterocycles. The van der Waals surface area contributed by atoms with Crippen LogP contribution < -0.4 is 10.1 Å². The molecule has 0 radical (unpaired) electrons. The van der Waals surface area contributed by atoms with Crippen molar-refractivity contribution in [2.75, 3.05) is 12.4 Å². The summed E-state index contributed by atoms with van der Waals surface area (Å²) in [5.74, 6) is 1.44. The fraction of sp³-hybridized carbons (Fsp3) is 0.467. The van der Waals surface area contributed by atoms with E-state index in [0.717, 1.165) is 53.8 Å². The Bertz CT molecular complexity index is 1120. The van der Waals surface area contributed by atoms with E-state index in [1.807, 2.05) is 24.3 Å². The molecule has 0 aliphatic heterocycles. The van der Waals surface area contributed by atoms with Gasteiger partial charge in [-0.25, -0.2) is 0 Å². The molecule has 1 N–H and O–H groups in total. The molecule has 4 rings (SSSR count). The summed E-state index contributed by atoms with van der Waals surface area (Å²) in [7, 11) is 1.62. The largest absolute Gasteiger partial charge is 0.495 e. The van der Waals surface area contributed by atoms with Gasteiger partial charge in [0.1, 0.15) is 11.4 Å². The van der Waals surface area contributed by atoms with Crippen LogP contribution in [-0.4, -0.2) is 18.2 Å². The first-order chi connectivity index (χ1) is 17.2. The Labute approximate surface area is 209 Å². The maximum atomic E-state index is 12.7. The van der Waals surface area contributed by atoms with Gasteiger partial charge in [0.25, 0.3) is 0 Å². The first-order valence-electron chi connectivity index (χ1n) is 13.3. The van der Waals surface area contributed by atoms with Gasteiger partial charge in [-0.05, 0) is 43.0 Å². The number of aryl methyl sites for hydroxylation is 1. The molecular weight excluding hydrogens is 436 g/mol. The van der Waals surface area contributed by atoms with Crippen molar-refractivity contribution >= 4 is 11.6 Å². The molecule has 0 spiro atoms. The van der Waals surface area contributed by atoms with Crippen molar-refractivity contribution < 1.29 is 14.1 Å². The van der Waals surface area contributed by atoms with E-state index < -0.39 is 0 Å². The Morgan fingerprint density at radius 1 is 0.971 bits per heavy atom. The molecule has 0 unspecified atom stereocenters. The molecule has 5 nitrogen and oxygen atoms in total. The van der Waals surface area contributed by atoms with Gasteiger partial charge in [-0.15, -0.1) is 0 Å². The van der Waals surface area contributed by atoms with Gasteiger partial charge in [-0.1, -0.05) is 87.7 Å². The van der Waals surface area contributed by atoms with Crippen LogP contribution in [0.25, 0.3) is 22.6 Å². The number of carbonyl (C=O) groups is 1. The van der Waals surface area contributed by atoms with Gasteiger partial charge in [0.2, 0.25) is 5.91 Å². The lowest BCUT2D eigenvalue weighted by Crippen LogP contribution is -2.12. The molecule has 1 amide bonds. The zero-order valence-electron chi connectivity index (χ0n) is 21.2. The van der Waals surface area contributed by atoms with E-state index in [4.69, 9.17) is 9.26 Å². The lowest BCUT2D eigenvalue weighted by Gasteiger charge is -2.15.